The molecule has 0 heterocycles. The summed E-state index contributed by atoms with van der Waals surface area (Å²) in [5.41, 5.74) is 1.60. The Hall–Kier alpha value is -2.04. The van der Waals surface area contributed by atoms with Crippen LogP contribution in [0.15, 0.2) is 24.3 Å². The van der Waals surface area contributed by atoms with Crippen LogP contribution in [0.1, 0.15) is 19.4 Å². The molecule has 0 atom stereocenters. The van der Waals surface area contributed by atoms with Crippen LogP contribution in [-0.4, -0.2) is 19.0 Å². The van der Waals surface area contributed by atoms with E-state index in [-0.39, 0.29) is 18.4 Å². The fourth-order valence-corrected chi connectivity index (χ4v) is 1.19. The number of rotatable bonds is 4. The average molecular weight is 250 g/mol. The number of carbonyl (C=O) groups is 2. The highest BCUT2D eigenvalue weighted by molar-refractivity contribution is 5.92. The summed E-state index contributed by atoms with van der Waals surface area (Å²) < 4.78 is 4.90. The van der Waals surface area contributed by atoms with Crippen LogP contribution in [0.2, 0.25) is 0 Å². The largest absolute Gasteiger partial charge is 0.445 e. The summed E-state index contributed by atoms with van der Waals surface area (Å²) in [6.07, 6.45) is -0.466. The van der Waals surface area contributed by atoms with Gasteiger partial charge in [-0.2, -0.15) is 0 Å². The number of anilines is 1. The maximum Gasteiger partial charge on any atom is 0.407 e. The molecule has 5 heteroatoms. The molecule has 0 aliphatic rings. The summed E-state index contributed by atoms with van der Waals surface area (Å²) >= 11 is 0. The van der Waals surface area contributed by atoms with E-state index in [4.69, 9.17) is 4.74 Å². The number of carbonyl (C=O) groups excluding carboxylic acids is 2. The van der Waals surface area contributed by atoms with Crippen molar-refractivity contribution in [2.45, 2.75) is 20.5 Å². The highest BCUT2D eigenvalue weighted by Crippen LogP contribution is 2.11. The van der Waals surface area contributed by atoms with Crippen LogP contribution >= 0.6 is 0 Å². The van der Waals surface area contributed by atoms with E-state index in [0.717, 1.165) is 11.3 Å². The first-order valence-corrected chi connectivity index (χ1v) is 5.77. The topological polar surface area (TPSA) is 67.4 Å². The van der Waals surface area contributed by atoms with Gasteiger partial charge in [-0.25, -0.2) is 4.79 Å². The number of hydrogen-bond donors (Lipinski definition) is 2. The summed E-state index contributed by atoms with van der Waals surface area (Å²) in [6, 6.07) is 7.17. The summed E-state index contributed by atoms with van der Waals surface area (Å²) in [7, 11) is 1.51. The van der Waals surface area contributed by atoms with E-state index in [9.17, 15) is 9.59 Å². The molecule has 0 spiro atoms. The van der Waals surface area contributed by atoms with Gasteiger partial charge in [-0.05, 0) is 17.7 Å². The first-order valence-electron chi connectivity index (χ1n) is 5.77. The van der Waals surface area contributed by atoms with E-state index >= 15 is 0 Å². The fraction of sp³-hybridized carbons (Fsp3) is 0.385. The second-order valence-electron chi connectivity index (χ2n) is 4.17. The first-order chi connectivity index (χ1) is 8.52. The molecule has 18 heavy (non-hydrogen) atoms. The fourth-order valence-electron chi connectivity index (χ4n) is 1.19. The third kappa shape index (κ3) is 4.45. The molecule has 98 valence electrons. The number of hydrogen-bond acceptors (Lipinski definition) is 3. The third-order valence-corrected chi connectivity index (χ3v) is 2.32. The molecule has 1 aromatic carbocycles. The molecule has 0 aromatic heterocycles. The summed E-state index contributed by atoms with van der Waals surface area (Å²) in [5.74, 6) is -0.0781. The SMILES string of the molecule is CNC(=O)OCc1ccc(NC(=O)C(C)C)cc1. The molecule has 1 rings (SSSR count). The summed E-state index contributed by atoms with van der Waals surface area (Å²) in [6.45, 7) is 3.87. The lowest BCUT2D eigenvalue weighted by Crippen LogP contribution is -2.19. The lowest BCUT2D eigenvalue weighted by atomic mass is 10.2. The predicted molar refractivity (Wildman–Crippen MR) is 69.2 cm³/mol. The normalized spacial score (nSPS) is 10.0. The molecule has 0 saturated carbocycles. The van der Waals surface area contributed by atoms with Crippen molar-refractivity contribution in [3.8, 4) is 0 Å². The molecule has 0 radical (unpaired) electrons. The van der Waals surface area contributed by atoms with Crippen LogP contribution in [0.3, 0.4) is 0 Å². The van der Waals surface area contributed by atoms with E-state index in [0.29, 0.717) is 0 Å². The van der Waals surface area contributed by atoms with Gasteiger partial charge in [-0.1, -0.05) is 26.0 Å². The standard InChI is InChI=1S/C13H18N2O3/c1-9(2)12(16)15-11-6-4-10(5-7-11)8-18-13(17)14-3/h4-7,9H,8H2,1-3H3,(H,14,17)(H,15,16). The van der Waals surface area contributed by atoms with Crippen LogP contribution in [-0.2, 0) is 16.1 Å². The van der Waals surface area contributed by atoms with Crippen molar-refractivity contribution >= 4 is 17.7 Å². The quantitative estimate of drug-likeness (QED) is 0.860. The Morgan fingerprint density at radius 3 is 2.33 bits per heavy atom. The van der Waals surface area contributed by atoms with Crippen LogP contribution in [0.4, 0.5) is 10.5 Å². The number of amides is 2. The Bertz CT molecular complexity index is 413. The van der Waals surface area contributed by atoms with Gasteiger partial charge < -0.3 is 15.4 Å². The first kappa shape index (κ1) is 14.0. The molecule has 0 saturated heterocycles. The second kappa shape index (κ2) is 6.64. The van der Waals surface area contributed by atoms with Gasteiger partial charge in [0.25, 0.3) is 0 Å². The number of nitrogens with one attached hydrogen (secondary N) is 2. The molecule has 0 fully saturated rings. The molecule has 1 aromatic rings. The van der Waals surface area contributed by atoms with Crippen molar-refractivity contribution in [3.63, 3.8) is 0 Å². The van der Waals surface area contributed by atoms with Gasteiger partial charge in [0.2, 0.25) is 5.91 Å². The lowest BCUT2D eigenvalue weighted by molar-refractivity contribution is -0.118. The zero-order valence-corrected chi connectivity index (χ0v) is 10.8. The number of ether oxygens (including phenoxy) is 1. The molecule has 0 bridgehead atoms. The Morgan fingerprint density at radius 1 is 1.22 bits per heavy atom. The summed E-state index contributed by atoms with van der Waals surface area (Å²) in [4.78, 5) is 22.3. The highest BCUT2D eigenvalue weighted by atomic mass is 16.5. The number of benzene rings is 1. The van der Waals surface area contributed by atoms with Crippen LogP contribution in [0.25, 0.3) is 0 Å². The maximum atomic E-state index is 11.5. The Kier molecular flexibility index (Phi) is 5.17. The van der Waals surface area contributed by atoms with Crippen LogP contribution in [0.5, 0.6) is 0 Å². The van der Waals surface area contributed by atoms with Gasteiger partial charge in [-0.15, -0.1) is 0 Å². The Balaban J connectivity index is 2.52. The molecule has 2 N–H and O–H groups in total. The molecule has 0 aliphatic carbocycles. The Morgan fingerprint density at radius 2 is 1.83 bits per heavy atom. The van der Waals surface area contributed by atoms with Crippen molar-refractivity contribution in [3.05, 3.63) is 29.8 Å². The zero-order valence-electron chi connectivity index (χ0n) is 10.8. The zero-order chi connectivity index (χ0) is 13.5. The average Bonchev–Trinajstić information content (AvgIpc) is 2.37. The molecular weight excluding hydrogens is 232 g/mol. The molecule has 0 aliphatic heterocycles. The van der Waals surface area contributed by atoms with E-state index in [1.807, 2.05) is 13.8 Å². The molecular formula is C13H18N2O3. The van der Waals surface area contributed by atoms with Crippen molar-refractivity contribution in [1.82, 2.24) is 5.32 Å². The Labute approximate surface area is 107 Å². The van der Waals surface area contributed by atoms with E-state index in [2.05, 4.69) is 10.6 Å². The summed E-state index contributed by atoms with van der Waals surface area (Å²) in [5, 5.41) is 5.15. The van der Waals surface area contributed by atoms with E-state index in [1.54, 1.807) is 24.3 Å². The monoisotopic (exact) mass is 250 g/mol. The van der Waals surface area contributed by atoms with Gasteiger partial charge in [-0.3, -0.25) is 4.79 Å². The maximum absolute atomic E-state index is 11.5. The third-order valence-electron chi connectivity index (χ3n) is 2.32. The minimum absolute atomic E-state index is 0.0237. The van der Waals surface area contributed by atoms with Crippen molar-refractivity contribution < 1.29 is 14.3 Å². The smallest absolute Gasteiger partial charge is 0.407 e. The minimum atomic E-state index is -0.466. The van der Waals surface area contributed by atoms with Gasteiger partial charge in [0, 0.05) is 18.7 Å². The predicted octanol–water partition coefficient (Wildman–Crippen LogP) is 2.14. The van der Waals surface area contributed by atoms with E-state index < -0.39 is 6.09 Å². The van der Waals surface area contributed by atoms with Gasteiger partial charge in [0.1, 0.15) is 6.61 Å². The van der Waals surface area contributed by atoms with Gasteiger partial charge in [0.05, 0.1) is 0 Å². The van der Waals surface area contributed by atoms with Crippen LogP contribution in [0, 0.1) is 5.92 Å². The minimum Gasteiger partial charge on any atom is -0.445 e. The second-order valence-corrected chi connectivity index (χ2v) is 4.17. The molecule has 5 nitrogen and oxygen atoms in total. The van der Waals surface area contributed by atoms with Crippen LogP contribution < -0.4 is 10.6 Å². The van der Waals surface area contributed by atoms with Gasteiger partial charge >= 0.3 is 6.09 Å². The lowest BCUT2D eigenvalue weighted by Gasteiger charge is -2.08. The van der Waals surface area contributed by atoms with Crippen molar-refractivity contribution in [2.75, 3.05) is 12.4 Å². The highest BCUT2D eigenvalue weighted by Gasteiger charge is 2.06. The van der Waals surface area contributed by atoms with Gasteiger partial charge in [0.15, 0.2) is 0 Å². The number of alkyl carbamates (subject to hydrolysis) is 1. The van der Waals surface area contributed by atoms with E-state index in [1.165, 1.54) is 7.05 Å². The molecule has 0 unspecified atom stereocenters. The van der Waals surface area contributed by atoms with Crippen molar-refractivity contribution in [1.29, 1.82) is 0 Å². The molecule has 2 amide bonds. The van der Waals surface area contributed by atoms with Crippen molar-refractivity contribution in [2.24, 2.45) is 5.92 Å².